The van der Waals surface area contributed by atoms with Gasteiger partial charge in [0.1, 0.15) is 23.9 Å². The lowest BCUT2D eigenvalue weighted by molar-refractivity contribution is -0.142. The van der Waals surface area contributed by atoms with Crippen molar-refractivity contribution in [3.05, 3.63) is 65.9 Å². The molecule has 0 spiro atoms. The quantitative estimate of drug-likeness (QED) is 0.152. The van der Waals surface area contributed by atoms with Crippen molar-refractivity contribution in [3.8, 4) is 5.75 Å². The van der Waals surface area contributed by atoms with Crippen LogP contribution < -0.4 is 21.7 Å². The van der Waals surface area contributed by atoms with Crippen LogP contribution in [0.1, 0.15) is 45.2 Å². The van der Waals surface area contributed by atoms with Crippen LogP contribution in [0.2, 0.25) is 0 Å². The maximum atomic E-state index is 13.5. The Balaban J connectivity index is 1.69. The van der Waals surface area contributed by atoms with E-state index < -0.39 is 47.9 Å². The number of phenolic OH excluding ortho intramolecular Hbond substituents is 1. The topological polar surface area (TPSA) is 187 Å². The van der Waals surface area contributed by atoms with Crippen LogP contribution in [0.3, 0.4) is 0 Å². The van der Waals surface area contributed by atoms with E-state index >= 15 is 0 Å². The van der Waals surface area contributed by atoms with Crippen molar-refractivity contribution in [2.24, 2.45) is 17.6 Å². The SMILES string of the molecule is CCC(C)C(NC(=O)C(N)Cc1c[nH]c2ccccc12)C(=O)NC(C(=O)NC(Cc1ccc(O)cc1)C(=O)O)C(C)C. The molecule has 3 rings (SSSR count). The molecule has 3 amide bonds. The van der Waals surface area contributed by atoms with Crippen LogP contribution in [0, 0.1) is 11.8 Å². The van der Waals surface area contributed by atoms with Gasteiger partial charge in [-0.3, -0.25) is 14.4 Å². The average molecular weight is 580 g/mol. The number of carbonyl (C=O) groups excluding carboxylic acids is 3. The number of nitrogens with two attached hydrogens (primary N) is 1. The van der Waals surface area contributed by atoms with Gasteiger partial charge in [0.25, 0.3) is 0 Å². The van der Waals surface area contributed by atoms with Crippen LogP contribution in [-0.4, -0.2) is 63.1 Å². The standard InChI is InChI=1S/C31H41N5O6/c1-5-18(4)27(36-28(38)23(32)15-20-16-33-24-9-7-6-8-22(20)24)30(40)35-26(17(2)3)29(39)34-25(31(41)42)14-19-10-12-21(37)13-11-19/h6-13,16-18,23,25-27,33,37H,5,14-15,32H2,1-4H3,(H,34,39)(H,35,40)(H,36,38)(H,41,42). The number of carbonyl (C=O) groups is 4. The van der Waals surface area contributed by atoms with E-state index in [0.717, 1.165) is 16.5 Å². The van der Waals surface area contributed by atoms with E-state index in [9.17, 15) is 29.4 Å². The molecule has 2 aromatic carbocycles. The molecule has 0 saturated carbocycles. The molecular formula is C31H41N5O6. The van der Waals surface area contributed by atoms with Gasteiger partial charge in [0.2, 0.25) is 17.7 Å². The molecule has 0 fully saturated rings. The van der Waals surface area contributed by atoms with Crippen molar-refractivity contribution in [1.82, 2.24) is 20.9 Å². The van der Waals surface area contributed by atoms with Gasteiger partial charge in [0, 0.05) is 23.5 Å². The number of hydrogen-bond donors (Lipinski definition) is 7. The maximum absolute atomic E-state index is 13.5. The van der Waals surface area contributed by atoms with Crippen molar-refractivity contribution >= 4 is 34.6 Å². The molecule has 0 bridgehead atoms. The van der Waals surface area contributed by atoms with Crippen molar-refractivity contribution in [3.63, 3.8) is 0 Å². The fourth-order valence-corrected chi connectivity index (χ4v) is 4.70. The molecule has 11 heteroatoms. The minimum absolute atomic E-state index is 0.0139. The summed E-state index contributed by atoms with van der Waals surface area (Å²) in [4.78, 5) is 54.9. The van der Waals surface area contributed by atoms with E-state index in [1.807, 2.05) is 44.3 Å². The van der Waals surface area contributed by atoms with E-state index in [1.165, 1.54) is 12.1 Å². The van der Waals surface area contributed by atoms with Gasteiger partial charge in [-0.2, -0.15) is 0 Å². The Labute approximate surface area is 245 Å². The third kappa shape index (κ3) is 8.32. The highest BCUT2D eigenvalue weighted by Gasteiger charge is 2.34. The predicted octanol–water partition coefficient (Wildman–Crippen LogP) is 2.23. The average Bonchev–Trinajstić information content (AvgIpc) is 3.36. The number of para-hydroxylation sites is 1. The van der Waals surface area contributed by atoms with Crippen molar-refractivity contribution in [1.29, 1.82) is 0 Å². The molecule has 3 aromatic rings. The van der Waals surface area contributed by atoms with Crippen LogP contribution in [0.4, 0.5) is 0 Å². The number of carboxylic acids is 1. The van der Waals surface area contributed by atoms with E-state index in [2.05, 4.69) is 20.9 Å². The summed E-state index contributed by atoms with van der Waals surface area (Å²) in [6.07, 6.45) is 2.64. The highest BCUT2D eigenvalue weighted by atomic mass is 16.4. The third-order valence-corrected chi connectivity index (χ3v) is 7.48. The summed E-state index contributed by atoms with van der Waals surface area (Å²) in [7, 11) is 0. The number of H-pyrrole nitrogens is 1. The number of aliphatic carboxylic acids is 1. The zero-order chi connectivity index (χ0) is 31.0. The summed E-state index contributed by atoms with van der Waals surface area (Å²) in [5.74, 6) is -3.56. The second kappa shape index (κ2) is 14.5. The molecule has 11 nitrogen and oxygen atoms in total. The van der Waals surface area contributed by atoms with Gasteiger partial charge in [-0.15, -0.1) is 0 Å². The number of aromatic hydroxyl groups is 1. The molecule has 1 aromatic heterocycles. The Bertz CT molecular complexity index is 1390. The number of phenols is 1. The van der Waals surface area contributed by atoms with E-state index in [4.69, 9.17) is 5.73 Å². The lowest BCUT2D eigenvalue weighted by atomic mass is 9.95. The maximum Gasteiger partial charge on any atom is 0.326 e. The number of nitrogens with one attached hydrogen (secondary N) is 4. The Hall–Kier alpha value is -4.38. The first-order valence-corrected chi connectivity index (χ1v) is 14.1. The third-order valence-electron chi connectivity index (χ3n) is 7.48. The number of amides is 3. The monoisotopic (exact) mass is 579 g/mol. The predicted molar refractivity (Wildman–Crippen MR) is 160 cm³/mol. The molecule has 0 saturated heterocycles. The Morgan fingerprint density at radius 3 is 2.10 bits per heavy atom. The second-order valence-electron chi connectivity index (χ2n) is 11.0. The molecule has 0 aliphatic rings. The number of benzene rings is 2. The zero-order valence-electron chi connectivity index (χ0n) is 24.4. The molecule has 5 atom stereocenters. The van der Waals surface area contributed by atoms with Crippen molar-refractivity contribution in [2.45, 2.75) is 71.1 Å². The van der Waals surface area contributed by atoms with Crippen molar-refractivity contribution < 1.29 is 29.4 Å². The lowest BCUT2D eigenvalue weighted by Gasteiger charge is -2.29. The number of hydrogen-bond acceptors (Lipinski definition) is 6. The van der Waals surface area contributed by atoms with Crippen LogP contribution >= 0.6 is 0 Å². The van der Waals surface area contributed by atoms with Crippen LogP contribution in [-0.2, 0) is 32.0 Å². The molecule has 0 aliphatic carbocycles. The summed E-state index contributed by atoms with van der Waals surface area (Å²) in [5.41, 5.74) is 8.67. The molecule has 5 unspecified atom stereocenters. The summed E-state index contributed by atoms with van der Waals surface area (Å²) >= 11 is 0. The van der Waals surface area contributed by atoms with Gasteiger partial charge in [0.05, 0.1) is 6.04 Å². The lowest BCUT2D eigenvalue weighted by Crippen LogP contribution is -2.60. The molecule has 0 radical (unpaired) electrons. The van der Waals surface area contributed by atoms with Gasteiger partial charge in [-0.25, -0.2) is 4.79 Å². The van der Waals surface area contributed by atoms with E-state index in [1.54, 1.807) is 26.0 Å². The van der Waals surface area contributed by atoms with Crippen molar-refractivity contribution in [2.75, 3.05) is 0 Å². The van der Waals surface area contributed by atoms with Gasteiger partial charge in [0.15, 0.2) is 0 Å². The summed E-state index contributed by atoms with van der Waals surface area (Å²) < 4.78 is 0. The molecule has 0 aliphatic heterocycles. The number of fused-ring (bicyclic) bond motifs is 1. The largest absolute Gasteiger partial charge is 0.508 e. The van der Waals surface area contributed by atoms with E-state index in [0.29, 0.717) is 12.0 Å². The molecular weight excluding hydrogens is 538 g/mol. The molecule has 226 valence electrons. The molecule has 1 heterocycles. The Morgan fingerprint density at radius 1 is 0.857 bits per heavy atom. The fourth-order valence-electron chi connectivity index (χ4n) is 4.70. The highest BCUT2D eigenvalue weighted by Crippen LogP contribution is 2.19. The second-order valence-corrected chi connectivity index (χ2v) is 11.0. The first-order valence-electron chi connectivity index (χ1n) is 14.1. The Morgan fingerprint density at radius 2 is 1.48 bits per heavy atom. The summed E-state index contributed by atoms with van der Waals surface area (Å²) in [5, 5.41) is 28.2. The van der Waals surface area contributed by atoms with Gasteiger partial charge in [-0.05, 0) is 47.6 Å². The smallest absolute Gasteiger partial charge is 0.326 e. The Kier molecular flexibility index (Phi) is 11.1. The first-order chi connectivity index (χ1) is 19.9. The summed E-state index contributed by atoms with van der Waals surface area (Å²) in [6, 6.07) is 9.51. The van der Waals surface area contributed by atoms with Crippen LogP contribution in [0.25, 0.3) is 10.9 Å². The normalized spacial score (nSPS) is 14.9. The minimum atomic E-state index is -1.26. The minimum Gasteiger partial charge on any atom is -0.508 e. The first kappa shape index (κ1) is 32.1. The summed E-state index contributed by atoms with van der Waals surface area (Å²) in [6.45, 7) is 7.16. The number of rotatable bonds is 14. The highest BCUT2D eigenvalue weighted by molar-refractivity contribution is 5.94. The zero-order valence-corrected chi connectivity index (χ0v) is 24.4. The van der Waals surface area contributed by atoms with Crippen LogP contribution in [0.15, 0.2) is 54.7 Å². The fraction of sp³-hybridized carbons (Fsp3) is 0.419. The van der Waals surface area contributed by atoms with Crippen LogP contribution in [0.5, 0.6) is 5.75 Å². The van der Waals surface area contributed by atoms with Gasteiger partial charge in [-0.1, -0.05) is 64.4 Å². The van der Waals surface area contributed by atoms with E-state index in [-0.39, 0.29) is 30.4 Å². The number of carboxylic acid groups (broad SMARTS) is 1. The number of aromatic amines is 1. The molecule has 8 N–H and O–H groups in total. The van der Waals surface area contributed by atoms with Gasteiger partial charge < -0.3 is 36.9 Å². The van der Waals surface area contributed by atoms with Gasteiger partial charge >= 0.3 is 5.97 Å². The number of aromatic nitrogens is 1. The molecule has 42 heavy (non-hydrogen) atoms.